The van der Waals surface area contributed by atoms with Crippen molar-refractivity contribution in [2.24, 2.45) is 5.10 Å². The summed E-state index contributed by atoms with van der Waals surface area (Å²) in [7, 11) is 0. The first-order valence-corrected chi connectivity index (χ1v) is 7.73. The lowest BCUT2D eigenvalue weighted by Gasteiger charge is -2.12. The Balaban J connectivity index is 2.05. The largest absolute Gasteiger partial charge is 0.490 e. The second kappa shape index (κ2) is 9.52. The molecule has 0 aliphatic carbocycles. The maximum atomic E-state index is 12.9. The lowest BCUT2D eigenvalue weighted by molar-refractivity contribution is 0.269. The first kappa shape index (κ1) is 17.7. The van der Waals surface area contributed by atoms with E-state index < -0.39 is 0 Å². The Labute approximate surface area is 140 Å². The maximum Gasteiger partial charge on any atom is 0.161 e. The fourth-order valence-corrected chi connectivity index (χ4v) is 1.97. The smallest absolute Gasteiger partial charge is 0.161 e. The van der Waals surface area contributed by atoms with Crippen molar-refractivity contribution in [1.29, 1.82) is 0 Å². The zero-order valence-corrected chi connectivity index (χ0v) is 13.5. The molecule has 2 rings (SSSR count). The van der Waals surface area contributed by atoms with Gasteiger partial charge in [0.1, 0.15) is 12.4 Å². The van der Waals surface area contributed by atoms with Gasteiger partial charge in [0, 0.05) is 0 Å². The van der Waals surface area contributed by atoms with Crippen molar-refractivity contribution >= 4 is 6.21 Å². The number of rotatable bonds is 9. The molecule has 6 heteroatoms. The number of nitrogens with zero attached hydrogens (tertiary/aromatic N) is 1. The van der Waals surface area contributed by atoms with E-state index in [0.717, 1.165) is 11.1 Å². The molecule has 2 N–H and O–H groups in total. The van der Waals surface area contributed by atoms with Crippen molar-refractivity contribution < 1.29 is 19.0 Å². The van der Waals surface area contributed by atoms with Crippen LogP contribution in [-0.2, 0) is 6.61 Å². The van der Waals surface area contributed by atoms with Crippen LogP contribution in [0.1, 0.15) is 18.1 Å². The zero-order chi connectivity index (χ0) is 17.2. The van der Waals surface area contributed by atoms with Crippen molar-refractivity contribution in [3.63, 3.8) is 0 Å². The molecule has 0 aromatic heterocycles. The third kappa shape index (κ3) is 5.55. The van der Waals surface area contributed by atoms with Gasteiger partial charge in [0.25, 0.3) is 0 Å². The van der Waals surface area contributed by atoms with Crippen molar-refractivity contribution in [3.05, 3.63) is 59.4 Å². The van der Waals surface area contributed by atoms with Gasteiger partial charge in [-0.1, -0.05) is 12.1 Å². The first-order chi connectivity index (χ1) is 11.7. The Kier molecular flexibility index (Phi) is 7.04. The summed E-state index contributed by atoms with van der Waals surface area (Å²) in [5, 5.41) is 12.7. The van der Waals surface area contributed by atoms with E-state index in [4.69, 9.17) is 14.6 Å². The van der Waals surface area contributed by atoms with E-state index in [1.165, 1.54) is 12.1 Å². The van der Waals surface area contributed by atoms with Crippen LogP contribution in [0.4, 0.5) is 4.39 Å². The summed E-state index contributed by atoms with van der Waals surface area (Å²) < 4.78 is 24.3. The lowest BCUT2D eigenvalue weighted by atomic mass is 10.2. The number of aliphatic hydroxyl groups is 1. The average Bonchev–Trinajstić information content (AvgIpc) is 2.60. The van der Waals surface area contributed by atoms with Crippen LogP contribution < -0.4 is 14.9 Å². The molecule has 0 bridgehead atoms. The number of hydrogen-bond donors (Lipinski definition) is 2. The van der Waals surface area contributed by atoms with Gasteiger partial charge < -0.3 is 20.0 Å². The number of nitrogens with one attached hydrogen (secondary N) is 1. The number of halogens is 1. The minimum atomic E-state index is -0.271. The second-order valence-corrected chi connectivity index (χ2v) is 4.94. The van der Waals surface area contributed by atoms with Gasteiger partial charge in [0.15, 0.2) is 11.5 Å². The molecule has 0 saturated carbocycles. The third-order valence-corrected chi connectivity index (χ3v) is 3.10. The van der Waals surface area contributed by atoms with Gasteiger partial charge in [-0.15, -0.1) is 0 Å². The quantitative estimate of drug-likeness (QED) is 0.421. The molecule has 128 valence electrons. The topological polar surface area (TPSA) is 63.1 Å². The maximum absolute atomic E-state index is 12.9. The summed E-state index contributed by atoms with van der Waals surface area (Å²) >= 11 is 0. The Bertz CT molecular complexity index is 660. The molecule has 0 radical (unpaired) electrons. The number of ether oxygens (including phenoxy) is 2. The third-order valence-electron chi connectivity index (χ3n) is 3.10. The van der Waals surface area contributed by atoms with E-state index >= 15 is 0 Å². The molecule has 2 aromatic rings. The molecular formula is C18H21FN2O3. The normalized spacial score (nSPS) is 10.8. The summed E-state index contributed by atoms with van der Waals surface area (Å²) in [6.07, 6.45) is 1.64. The molecule has 5 nitrogen and oxygen atoms in total. The highest BCUT2D eigenvalue weighted by molar-refractivity contribution is 5.80. The van der Waals surface area contributed by atoms with E-state index in [0.29, 0.717) is 31.3 Å². The summed E-state index contributed by atoms with van der Waals surface area (Å²) in [5.74, 6) is 0.958. The predicted octanol–water partition coefficient (Wildman–Crippen LogP) is 2.72. The van der Waals surface area contributed by atoms with Crippen LogP contribution in [0.15, 0.2) is 47.6 Å². The molecule has 0 saturated heterocycles. The standard InChI is InChI=1S/C18H21FN2O3/c1-2-23-18-11-15(12-21-20-9-10-22)5-8-17(18)24-13-14-3-6-16(19)7-4-14/h3-8,11-12,20,22H,2,9-10,13H2,1H3. The lowest BCUT2D eigenvalue weighted by Crippen LogP contribution is -2.11. The fraction of sp³-hybridized carbons (Fsp3) is 0.278. The zero-order valence-electron chi connectivity index (χ0n) is 13.5. The van der Waals surface area contributed by atoms with Gasteiger partial charge in [-0.25, -0.2) is 4.39 Å². The van der Waals surface area contributed by atoms with Crippen molar-refractivity contribution in [3.8, 4) is 11.5 Å². The summed E-state index contributed by atoms with van der Waals surface area (Å²) in [4.78, 5) is 0. The van der Waals surface area contributed by atoms with Crippen molar-refractivity contribution in [2.45, 2.75) is 13.5 Å². The molecule has 0 amide bonds. The SMILES string of the molecule is CCOc1cc(C=NNCCO)ccc1OCc1ccc(F)cc1. The average molecular weight is 332 g/mol. The molecular weight excluding hydrogens is 311 g/mol. The number of hydrogen-bond acceptors (Lipinski definition) is 5. The Morgan fingerprint density at radius 2 is 1.92 bits per heavy atom. The van der Waals surface area contributed by atoms with Gasteiger partial charge in [-0.05, 0) is 48.4 Å². The Morgan fingerprint density at radius 3 is 2.62 bits per heavy atom. The number of benzene rings is 2. The van der Waals surface area contributed by atoms with Gasteiger partial charge in [0.05, 0.1) is 26.0 Å². The van der Waals surface area contributed by atoms with Crippen LogP contribution in [0.25, 0.3) is 0 Å². The number of aliphatic hydroxyl groups excluding tert-OH is 1. The minimum Gasteiger partial charge on any atom is -0.490 e. The first-order valence-electron chi connectivity index (χ1n) is 7.73. The summed E-state index contributed by atoms with van der Waals surface area (Å²) in [6, 6.07) is 11.7. The summed E-state index contributed by atoms with van der Waals surface area (Å²) in [6.45, 7) is 3.15. The van der Waals surface area contributed by atoms with Gasteiger partial charge in [0.2, 0.25) is 0 Å². The van der Waals surface area contributed by atoms with E-state index in [2.05, 4.69) is 10.5 Å². The van der Waals surface area contributed by atoms with E-state index in [1.54, 1.807) is 18.3 Å². The van der Waals surface area contributed by atoms with Gasteiger partial charge >= 0.3 is 0 Å². The predicted molar refractivity (Wildman–Crippen MR) is 91.0 cm³/mol. The van der Waals surface area contributed by atoms with E-state index in [-0.39, 0.29) is 12.4 Å². The van der Waals surface area contributed by atoms with Crippen LogP contribution in [0.3, 0.4) is 0 Å². The fourth-order valence-electron chi connectivity index (χ4n) is 1.97. The molecule has 2 aromatic carbocycles. The highest BCUT2D eigenvalue weighted by atomic mass is 19.1. The molecule has 24 heavy (non-hydrogen) atoms. The molecule has 0 fully saturated rings. The minimum absolute atomic E-state index is 0.0255. The van der Waals surface area contributed by atoms with Crippen LogP contribution in [-0.4, -0.2) is 31.1 Å². The highest BCUT2D eigenvalue weighted by Crippen LogP contribution is 2.28. The molecule has 0 aliphatic heterocycles. The molecule has 0 atom stereocenters. The highest BCUT2D eigenvalue weighted by Gasteiger charge is 2.06. The molecule has 0 spiro atoms. The van der Waals surface area contributed by atoms with Crippen LogP contribution in [0, 0.1) is 5.82 Å². The Hall–Kier alpha value is -2.60. The van der Waals surface area contributed by atoms with Crippen LogP contribution in [0.5, 0.6) is 11.5 Å². The van der Waals surface area contributed by atoms with Crippen molar-refractivity contribution in [1.82, 2.24) is 5.43 Å². The van der Waals surface area contributed by atoms with Crippen LogP contribution in [0.2, 0.25) is 0 Å². The monoisotopic (exact) mass is 332 g/mol. The van der Waals surface area contributed by atoms with E-state index in [1.807, 2.05) is 25.1 Å². The molecule has 0 unspecified atom stereocenters. The molecule has 0 heterocycles. The molecule has 0 aliphatic rings. The van der Waals surface area contributed by atoms with Crippen LogP contribution >= 0.6 is 0 Å². The number of hydrazone groups is 1. The Morgan fingerprint density at radius 1 is 1.12 bits per heavy atom. The second-order valence-electron chi connectivity index (χ2n) is 4.94. The van der Waals surface area contributed by atoms with Gasteiger partial charge in [-0.3, -0.25) is 0 Å². The van der Waals surface area contributed by atoms with E-state index in [9.17, 15) is 4.39 Å². The summed E-state index contributed by atoms with van der Waals surface area (Å²) in [5.41, 5.74) is 4.44. The van der Waals surface area contributed by atoms with Gasteiger partial charge in [-0.2, -0.15) is 5.10 Å². The van der Waals surface area contributed by atoms with Crippen molar-refractivity contribution in [2.75, 3.05) is 19.8 Å².